The fourth-order valence-electron chi connectivity index (χ4n) is 6.58. The van der Waals surface area contributed by atoms with E-state index in [1.807, 2.05) is 0 Å². The number of carbonyl (C=O) groups excluding carboxylic acids is 1. The third-order valence-electron chi connectivity index (χ3n) is 8.48. The number of amides is 1. The number of hydrogen-bond donors (Lipinski definition) is 0. The van der Waals surface area contributed by atoms with E-state index < -0.39 is 0 Å². The maximum absolute atomic E-state index is 12.9. The number of carbonyl (C=O) groups is 1. The van der Waals surface area contributed by atoms with Gasteiger partial charge in [0.2, 0.25) is 5.91 Å². The normalized spacial score (nSPS) is 34.4. The molecule has 30 heavy (non-hydrogen) atoms. The van der Waals surface area contributed by atoms with E-state index in [0.29, 0.717) is 30.3 Å². The van der Waals surface area contributed by atoms with Crippen molar-refractivity contribution in [3.63, 3.8) is 0 Å². The Morgan fingerprint density at radius 1 is 1.07 bits per heavy atom. The van der Waals surface area contributed by atoms with Crippen LogP contribution in [0.5, 0.6) is 0 Å². The highest BCUT2D eigenvalue weighted by Crippen LogP contribution is 2.45. The summed E-state index contributed by atoms with van der Waals surface area (Å²) in [6.07, 6.45) is 8.65. The minimum atomic E-state index is 0.112. The molecule has 1 aliphatic carbocycles. The Morgan fingerprint density at radius 2 is 1.93 bits per heavy atom. The molecule has 1 aromatic carbocycles. The zero-order valence-electron chi connectivity index (χ0n) is 18.6. The monoisotopic (exact) mass is 410 g/mol. The van der Waals surface area contributed by atoms with Crippen LogP contribution in [0.25, 0.3) is 0 Å². The predicted molar refractivity (Wildman–Crippen MR) is 119 cm³/mol. The topological polar surface area (TPSA) is 32.8 Å². The SMILES string of the molecule is C[C@@H]1CCCN1CCc1ccc(C2CCC[C@H]3CN(C(=O)C4CCOC4)C[C@@H]23)cc1. The standard InChI is InChI=1S/C26H38N2O2/c1-19-4-3-13-27(19)14-11-20-7-9-21(10-8-20)24-6-2-5-22-16-28(17-25(22)24)26(29)23-12-15-30-18-23/h7-10,19,22-25H,2-6,11-18H2,1H3/t19-,22+,23?,24?,25-/m1/s1. The summed E-state index contributed by atoms with van der Waals surface area (Å²) in [5.41, 5.74) is 2.97. The van der Waals surface area contributed by atoms with Crippen LogP contribution in [0.2, 0.25) is 0 Å². The summed E-state index contributed by atoms with van der Waals surface area (Å²) in [6, 6.07) is 10.3. The van der Waals surface area contributed by atoms with E-state index in [2.05, 4.69) is 41.0 Å². The first-order valence-electron chi connectivity index (χ1n) is 12.4. The Balaban J connectivity index is 1.21. The van der Waals surface area contributed by atoms with Crippen molar-refractivity contribution < 1.29 is 9.53 Å². The molecule has 1 saturated carbocycles. The first-order chi connectivity index (χ1) is 14.7. The first kappa shape index (κ1) is 20.5. The van der Waals surface area contributed by atoms with E-state index in [-0.39, 0.29) is 5.92 Å². The van der Waals surface area contributed by atoms with Crippen molar-refractivity contribution >= 4 is 5.91 Å². The summed E-state index contributed by atoms with van der Waals surface area (Å²) in [6.45, 7) is 8.14. The van der Waals surface area contributed by atoms with Crippen molar-refractivity contribution in [3.8, 4) is 0 Å². The fraction of sp³-hybridized carbons (Fsp3) is 0.731. The molecular weight excluding hydrogens is 372 g/mol. The van der Waals surface area contributed by atoms with E-state index in [1.54, 1.807) is 0 Å². The van der Waals surface area contributed by atoms with Crippen LogP contribution in [0.4, 0.5) is 0 Å². The van der Waals surface area contributed by atoms with Gasteiger partial charge in [-0.1, -0.05) is 30.7 Å². The van der Waals surface area contributed by atoms with E-state index in [0.717, 1.165) is 38.6 Å². The second kappa shape index (κ2) is 9.00. The number of nitrogens with zero attached hydrogens (tertiary/aromatic N) is 2. The van der Waals surface area contributed by atoms with Gasteiger partial charge in [0.05, 0.1) is 12.5 Å². The third kappa shape index (κ3) is 4.18. The number of likely N-dealkylation sites (tertiary alicyclic amines) is 2. The van der Waals surface area contributed by atoms with Gasteiger partial charge in [0.15, 0.2) is 0 Å². The Hall–Kier alpha value is -1.39. The molecule has 3 saturated heterocycles. The van der Waals surface area contributed by atoms with E-state index in [1.165, 1.54) is 56.3 Å². The molecule has 4 heteroatoms. The summed E-state index contributed by atoms with van der Waals surface area (Å²) < 4.78 is 5.47. The van der Waals surface area contributed by atoms with Crippen molar-refractivity contribution in [1.82, 2.24) is 9.80 Å². The average molecular weight is 411 g/mol. The van der Waals surface area contributed by atoms with Crippen LogP contribution in [-0.2, 0) is 16.0 Å². The van der Waals surface area contributed by atoms with Gasteiger partial charge in [0.1, 0.15) is 0 Å². The van der Waals surface area contributed by atoms with Gasteiger partial charge in [-0.3, -0.25) is 4.79 Å². The molecule has 5 rings (SSSR count). The maximum Gasteiger partial charge on any atom is 0.228 e. The van der Waals surface area contributed by atoms with Crippen molar-refractivity contribution in [2.45, 2.75) is 63.8 Å². The number of rotatable bonds is 5. The van der Waals surface area contributed by atoms with Crippen LogP contribution in [0.1, 0.15) is 62.5 Å². The molecular formula is C26H38N2O2. The van der Waals surface area contributed by atoms with Crippen LogP contribution in [0, 0.1) is 17.8 Å². The molecule has 0 N–H and O–H groups in total. The molecule has 0 spiro atoms. The van der Waals surface area contributed by atoms with Crippen molar-refractivity contribution in [2.75, 3.05) is 39.4 Å². The van der Waals surface area contributed by atoms with Crippen molar-refractivity contribution in [3.05, 3.63) is 35.4 Å². The Morgan fingerprint density at radius 3 is 2.67 bits per heavy atom. The van der Waals surface area contributed by atoms with Gasteiger partial charge in [0.25, 0.3) is 0 Å². The summed E-state index contributed by atoms with van der Waals surface area (Å²) in [5.74, 6) is 2.41. The van der Waals surface area contributed by atoms with Gasteiger partial charge in [0, 0.05) is 32.3 Å². The molecule has 4 aliphatic rings. The summed E-state index contributed by atoms with van der Waals surface area (Å²) in [7, 11) is 0. The molecule has 2 unspecified atom stereocenters. The largest absolute Gasteiger partial charge is 0.381 e. The Labute approximate surface area is 182 Å². The first-order valence-corrected chi connectivity index (χ1v) is 12.4. The van der Waals surface area contributed by atoms with Crippen molar-refractivity contribution in [2.24, 2.45) is 17.8 Å². The van der Waals surface area contributed by atoms with E-state index in [4.69, 9.17) is 4.74 Å². The molecule has 3 aliphatic heterocycles. The Kier molecular flexibility index (Phi) is 6.15. The number of hydrogen-bond acceptors (Lipinski definition) is 3. The van der Waals surface area contributed by atoms with Crippen LogP contribution in [0.3, 0.4) is 0 Å². The Bertz CT molecular complexity index is 727. The lowest BCUT2D eigenvalue weighted by atomic mass is 9.71. The van der Waals surface area contributed by atoms with Crippen LogP contribution < -0.4 is 0 Å². The van der Waals surface area contributed by atoms with Crippen LogP contribution >= 0.6 is 0 Å². The number of benzene rings is 1. The average Bonchev–Trinajstić information content (AvgIpc) is 3.52. The lowest BCUT2D eigenvalue weighted by molar-refractivity contribution is -0.134. The molecule has 1 amide bonds. The summed E-state index contributed by atoms with van der Waals surface area (Å²) >= 11 is 0. The van der Waals surface area contributed by atoms with Crippen molar-refractivity contribution in [1.29, 1.82) is 0 Å². The molecule has 164 valence electrons. The van der Waals surface area contributed by atoms with Gasteiger partial charge in [-0.05, 0) is 80.9 Å². The second-order valence-electron chi connectivity index (χ2n) is 10.3. The van der Waals surface area contributed by atoms with Gasteiger partial charge < -0.3 is 14.5 Å². The van der Waals surface area contributed by atoms with Gasteiger partial charge in [-0.15, -0.1) is 0 Å². The minimum absolute atomic E-state index is 0.112. The minimum Gasteiger partial charge on any atom is -0.381 e. The van der Waals surface area contributed by atoms with Gasteiger partial charge in [-0.2, -0.15) is 0 Å². The number of ether oxygens (including phenoxy) is 1. The van der Waals surface area contributed by atoms with E-state index >= 15 is 0 Å². The summed E-state index contributed by atoms with van der Waals surface area (Å²) in [5, 5.41) is 0. The molecule has 4 nitrogen and oxygen atoms in total. The fourth-order valence-corrected chi connectivity index (χ4v) is 6.58. The summed E-state index contributed by atoms with van der Waals surface area (Å²) in [4.78, 5) is 17.7. The van der Waals surface area contributed by atoms with Gasteiger partial charge in [-0.25, -0.2) is 0 Å². The highest BCUT2D eigenvalue weighted by Gasteiger charge is 2.43. The lowest BCUT2D eigenvalue weighted by Crippen LogP contribution is -2.35. The molecule has 4 fully saturated rings. The zero-order chi connectivity index (χ0) is 20.5. The quantitative estimate of drug-likeness (QED) is 0.733. The number of fused-ring (bicyclic) bond motifs is 1. The molecule has 0 bridgehead atoms. The molecule has 3 heterocycles. The smallest absolute Gasteiger partial charge is 0.228 e. The zero-order valence-corrected chi connectivity index (χ0v) is 18.6. The molecule has 0 radical (unpaired) electrons. The highest BCUT2D eigenvalue weighted by molar-refractivity contribution is 5.79. The predicted octanol–water partition coefficient (Wildman–Crippen LogP) is 4.09. The second-order valence-corrected chi connectivity index (χ2v) is 10.3. The third-order valence-corrected chi connectivity index (χ3v) is 8.48. The lowest BCUT2D eigenvalue weighted by Gasteiger charge is -2.33. The van der Waals surface area contributed by atoms with Gasteiger partial charge >= 0.3 is 0 Å². The van der Waals surface area contributed by atoms with Crippen LogP contribution in [-0.4, -0.2) is 61.1 Å². The van der Waals surface area contributed by atoms with Crippen LogP contribution in [0.15, 0.2) is 24.3 Å². The maximum atomic E-state index is 12.9. The molecule has 0 aromatic heterocycles. The van der Waals surface area contributed by atoms with E-state index in [9.17, 15) is 4.79 Å². The molecule has 5 atom stereocenters. The highest BCUT2D eigenvalue weighted by atomic mass is 16.5. The molecule has 1 aromatic rings.